The number of carbonyl (C=O) groups excluding carboxylic acids is 1. The second-order valence-corrected chi connectivity index (χ2v) is 5.63. The Labute approximate surface area is 138 Å². The van der Waals surface area contributed by atoms with Gasteiger partial charge in [0.25, 0.3) is 0 Å². The Hall–Kier alpha value is -1.40. The Balaban J connectivity index is 4.77. The molecule has 0 fully saturated rings. The van der Waals surface area contributed by atoms with E-state index in [1.54, 1.807) is 0 Å². The number of aliphatic carboxylic acids is 1. The monoisotopic (exact) mass is 330 g/mol. The van der Waals surface area contributed by atoms with Crippen LogP contribution in [0, 0.1) is 0 Å². The Morgan fingerprint density at radius 3 is 1.87 bits per heavy atom. The van der Waals surface area contributed by atoms with Crippen molar-refractivity contribution in [3.63, 3.8) is 0 Å². The summed E-state index contributed by atoms with van der Waals surface area (Å²) in [5.41, 5.74) is -1.25. The number of aliphatic hydroxyl groups is 1. The van der Waals surface area contributed by atoms with Gasteiger partial charge in [0.2, 0.25) is 0 Å². The summed E-state index contributed by atoms with van der Waals surface area (Å²) >= 11 is 0. The van der Waals surface area contributed by atoms with Crippen LogP contribution in [-0.2, 0) is 19.1 Å². The van der Waals surface area contributed by atoms with E-state index in [4.69, 9.17) is 14.6 Å². The smallest absolute Gasteiger partial charge is 0.331 e. The van der Waals surface area contributed by atoms with Gasteiger partial charge in [-0.2, -0.15) is 0 Å². The van der Waals surface area contributed by atoms with Crippen LogP contribution in [0.15, 0.2) is 12.2 Å². The van der Waals surface area contributed by atoms with Crippen molar-refractivity contribution < 1.29 is 29.3 Å². The van der Waals surface area contributed by atoms with Crippen LogP contribution in [0.4, 0.5) is 0 Å². The molecule has 2 N–H and O–H groups in total. The highest BCUT2D eigenvalue weighted by atomic mass is 16.6. The van der Waals surface area contributed by atoms with E-state index in [2.05, 4.69) is 0 Å². The molecule has 0 saturated carbocycles. The molecule has 6 heteroatoms. The number of esters is 1. The molecule has 0 rings (SSSR count). The lowest BCUT2D eigenvalue weighted by Gasteiger charge is -2.34. The van der Waals surface area contributed by atoms with Crippen molar-refractivity contribution in [2.24, 2.45) is 0 Å². The molecule has 0 amide bonds. The first-order chi connectivity index (χ1) is 10.8. The first-order valence-electron chi connectivity index (χ1n) is 8.21. The molecule has 0 heterocycles. The Bertz CT molecular complexity index is 386. The summed E-state index contributed by atoms with van der Waals surface area (Å²) in [5.74, 6) is -1.86. The molecule has 23 heavy (non-hydrogen) atoms. The van der Waals surface area contributed by atoms with Gasteiger partial charge in [-0.1, -0.05) is 27.7 Å². The van der Waals surface area contributed by atoms with Gasteiger partial charge in [0.15, 0.2) is 0 Å². The highest BCUT2D eigenvalue weighted by molar-refractivity contribution is 5.90. The van der Waals surface area contributed by atoms with E-state index in [1.165, 1.54) is 0 Å². The summed E-state index contributed by atoms with van der Waals surface area (Å²) in [4.78, 5) is 22.2. The first kappa shape index (κ1) is 21.6. The van der Waals surface area contributed by atoms with E-state index < -0.39 is 23.1 Å². The van der Waals surface area contributed by atoms with E-state index >= 15 is 0 Å². The number of carbonyl (C=O) groups is 2. The Morgan fingerprint density at radius 1 is 0.957 bits per heavy atom. The van der Waals surface area contributed by atoms with Crippen LogP contribution in [-0.4, -0.2) is 46.6 Å². The lowest BCUT2D eigenvalue weighted by molar-refractivity contribution is -0.160. The minimum absolute atomic E-state index is 0.0492. The predicted molar refractivity (Wildman–Crippen MR) is 87.1 cm³/mol. The molecular formula is C17H30O6. The fourth-order valence-electron chi connectivity index (χ4n) is 2.36. The standard InChI is InChI=1S/C17H30O6/c1-5-16(6-2,23-15(21)10-9-14(19)20)11-12-22-17(7-3,8-4)13-18/h9-10,18H,5-8,11-13H2,1-4H3,(H,19,20)/b10-9-. The average molecular weight is 330 g/mol. The third-order valence-electron chi connectivity index (χ3n) is 4.51. The molecule has 134 valence electrons. The number of ether oxygens (including phenoxy) is 2. The van der Waals surface area contributed by atoms with Crippen molar-refractivity contribution in [3.8, 4) is 0 Å². The van der Waals surface area contributed by atoms with Crippen LogP contribution in [0.1, 0.15) is 59.8 Å². The molecule has 0 radical (unpaired) electrons. The largest absolute Gasteiger partial charge is 0.478 e. The molecule has 0 aliphatic rings. The van der Waals surface area contributed by atoms with Gasteiger partial charge in [0.05, 0.1) is 18.8 Å². The minimum atomic E-state index is -1.19. The van der Waals surface area contributed by atoms with E-state index in [0.29, 0.717) is 38.7 Å². The first-order valence-corrected chi connectivity index (χ1v) is 8.21. The fourth-order valence-corrected chi connectivity index (χ4v) is 2.36. The lowest BCUT2D eigenvalue weighted by atomic mass is 9.92. The number of hydrogen-bond donors (Lipinski definition) is 2. The molecular weight excluding hydrogens is 300 g/mol. The summed E-state index contributed by atoms with van der Waals surface area (Å²) in [6.07, 6.45) is 4.78. The van der Waals surface area contributed by atoms with Gasteiger partial charge in [0.1, 0.15) is 5.60 Å². The van der Waals surface area contributed by atoms with Crippen molar-refractivity contribution in [1.82, 2.24) is 0 Å². The Kier molecular flexibility index (Phi) is 9.76. The highest BCUT2D eigenvalue weighted by Crippen LogP contribution is 2.27. The summed E-state index contributed by atoms with van der Waals surface area (Å²) < 4.78 is 11.3. The second kappa shape index (κ2) is 10.4. The molecule has 0 aliphatic carbocycles. The summed E-state index contributed by atoms with van der Waals surface area (Å²) in [6, 6.07) is 0. The van der Waals surface area contributed by atoms with E-state index in [0.717, 1.165) is 12.2 Å². The van der Waals surface area contributed by atoms with Gasteiger partial charge in [0, 0.05) is 18.6 Å². The number of carboxylic acids is 1. The minimum Gasteiger partial charge on any atom is -0.478 e. The SMILES string of the molecule is CCC(CC)(CO)OCCC(CC)(CC)OC(=O)/C=C\C(=O)O. The zero-order chi connectivity index (χ0) is 17.9. The van der Waals surface area contributed by atoms with E-state index in [-0.39, 0.29) is 6.61 Å². The van der Waals surface area contributed by atoms with Gasteiger partial charge in [-0.25, -0.2) is 9.59 Å². The fraction of sp³-hybridized carbons (Fsp3) is 0.765. The molecule has 0 saturated heterocycles. The summed E-state index contributed by atoms with van der Waals surface area (Å²) in [5, 5.41) is 18.1. The molecule has 0 aromatic carbocycles. The zero-order valence-corrected chi connectivity index (χ0v) is 14.6. The maximum absolute atomic E-state index is 11.8. The summed E-state index contributed by atoms with van der Waals surface area (Å²) in [6.45, 7) is 8.06. The van der Waals surface area contributed by atoms with E-state index in [9.17, 15) is 14.7 Å². The van der Waals surface area contributed by atoms with Gasteiger partial charge in [-0.3, -0.25) is 0 Å². The number of hydrogen-bond acceptors (Lipinski definition) is 5. The topological polar surface area (TPSA) is 93.1 Å². The molecule has 0 spiro atoms. The van der Waals surface area contributed by atoms with Crippen LogP contribution in [0.25, 0.3) is 0 Å². The van der Waals surface area contributed by atoms with Crippen molar-refractivity contribution in [2.45, 2.75) is 71.0 Å². The third-order valence-corrected chi connectivity index (χ3v) is 4.51. The summed E-state index contributed by atoms with van der Waals surface area (Å²) in [7, 11) is 0. The van der Waals surface area contributed by atoms with Crippen LogP contribution < -0.4 is 0 Å². The molecule has 0 unspecified atom stereocenters. The van der Waals surface area contributed by atoms with Gasteiger partial charge >= 0.3 is 11.9 Å². The molecule has 0 aliphatic heterocycles. The number of rotatable bonds is 12. The lowest BCUT2D eigenvalue weighted by Crippen LogP contribution is -2.39. The van der Waals surface area contributed by atoms with Crippen molar-refractivity contribution in [2.75, 3.05) is 13.2 Å². The molecule has 0 bridgehead atoms. The maximum Gasteiger partial charge on any atom is 0.331 e. The second-order valence-electron chi connectivity index (χ2n) is 5.63. The van der Waals surface area contributed by atoms with Crippen LogP contribution in [0.3, 0.4) is 0 Å². The quantitative estimate of drug-likeness (QED) is 0.422. The maximum atomic E-state index is 11.8. The average Bonchev–Trinajstić information content (AvgIpc) is 2.56. The highest BCUT2D eigenvalue weighted by Gasteiger charge is 2.32. The van der Waals surface area contributed by atoms with Crippen LogP contribution in [0.5, 0.6) is 0 Å². The predicted octanol–water partition coefficient (Wildman–Crippen LogP) is 2.69. The number of aliphatic hydroxyl groups excluding tert-OH is 1. The molecule has 0 aromatic heterocycles. The van der Waals surface area contributed by atoms with Gasteiger partial charge < -0.3 is 19.7 Å². The molecule has 0 aromatic rings. The zero-order valence-electron chi connectivity index (χ0n) is 14.6. The number of carboxylic acid groups (broad SMARTS) is 1. The van der Waals surface area contributed by atoms with E-state index in [1.807, 2.05) is 27.7 Å². The van der Waals surface area contributed by atoms with Gasteiger partial charge in [-0.05, 0) is 25.7 Å². The Morgan fingerprint density at radius 2 is 1.48 bits per heavy atom. The molecule has 6 nitrogen and oxygen atoms in total. The van der Waals surface area contributed by atoms with Gasteiger partial charge in [-0.15, -0.1) is 0 Å². The third kappa shape index (κ3) is 7.14. The van der Waals surface area contributed by atoms with Crippen LogP contribution >= 0.6 is 0 Å². The molecule has 0 atom stereocenters. The normalized spacial score (nSPS) is 12.6. The van der Waals surface area contributed by atoms with Crippen molar-refractivity contribution in [1.29, 1.82) is 0 Å². The van der Waals surface area contributed by atoms with Crippen LogP contribution in [0.2, 0.25) is 0 Å². The van der Waals surface area contributed by atoms with Crippen molar-refractivity contribution in [3.05, 3.63) is 12.2 Å². The van der Waals surface area contributed by atoms with Crippen molar-refractivity contribution >= 4 is 11.9 Å².